The molecule has 1 aliphatic rings. The summed E-state index contributed by atoms with van der Waals surface area (Å²) in [5, 5.41) is 9.75. The van der Waals surface area contributed by atoms with E-state index < -0.39 is 5.54 Å². The minimum absolute atomic E-state index is 0.213. The van der Waals surface area contributed by atoms with Crippen molar-refractivity contribution < 1.29 is 9.53 Å². The largest absolute Gasteiger partial charge is 0.381 e. The third kappa shape index (κ3) is 5.87. The lowest BCUT2D eigenvalue weighted by atomic mass is 9.94. The maximum atomic E-state index is 13.0. The molecule has 196 valence electrons. The van der Waals surface area contributed by atoms with Crippen LogP contribution in [0.3, 0.4) is 0 Å². The van der Waals surface area contributed by atoms with Gasteiger partial charge in [-0.25, -0.2) is 19.9 Å². The van der Waals surface area contributed by atoms with E-state index in [4.69, 9.17) is 15.5 Å². The molecule has 0 atom stereocenters. The van der Waals surface area contributed by atoms with Gasteiger partial charge in [0.1, 0.15) is 17.4 Å². The van der Waals surface area contributed by atoms with Crippen molar-refractivity contribution in [3.63, 3.8) is 0 Å². The Morgan fingerprint density at radius 2 is 1.89 bits per heavy atom. The molecule has 2 aromatic carbocycles. The van der Waals surface area contributed by atoms with Crippen LogP contribution >= 0.6 is 0 Å². The lowest BCUT2D eigenvalue weighted by molar-refractivity contribution is 0.0903. The Morgan fingerprint density at radius 3 is 2.68 bits per heavy atom. The van der Waals surface area contributed by atoms with E-state index in [0.29, 0.717) is 34.1 Å². The maximum absolute atomic E-state index is 13.0. The highest BCUT2D eigenvalue weighted by atomic mass is 16.5. The van der Waals surface area contributed by atoms with E-state index in [-0.39, 0.29) is 11.9 Å². The minimum atomic E-state index is -0.540. The van der Waals surface area contributed by atoms with E-state index in [9.17, 15) is 4.79 Å². The van der Waals surface area contributed by atoms with Gasteiger partial charge in [-0.2, -0.15) is 0 Å². The van der Waals surface area contributed by atoms with Crippen molar-refractivity contribution in [2.75, 3.05) is 29.2 Å². The summed E-state index contributed by atoms with van der Waals surface area (Å²) in [7, 11) is 0. The fraction of sp³-hybridized carbons (Fsp3) is 0.321. The average molecular weight is 513 g/mol. The van der Waals surface area contributed by atoms with E-state index in [1.165, 1.54) is 6.33 Å². The van der Waals surface area contributed by atoms with E-state index in [1.54, 1.807) is 12.3 Å². The topological polar surface area (TPSA) is 140 Å². The zero-order valence-corrected chi connectivity index (χ0v) is 21.8. The first-order valence-corrected chi connectivity index (χ1v) is 12.7. The van der Waals surface area contributed by atoms with Gasteiger partial charge in [0, 0.05) is 41.7 Å². The van der Waals surface area contributed by atoms with Gasteiger partial charge in [-0.1, -0.05) is 18.2 Å². The molecule has 0 unspecified atom stereocenters. The Morgan fingerprint density at radius 1 is 1.08 bits per heavy atom. The predicted octanol–water partition coefficient (Wildman–Crippen LogP) is 4.51. The van der Waals surface area contributed by atoms with Crippen LogP contribution in [0.15, 0.2) is 55.0 Å². The van der Waals surface area contributed by atoms with Gasteiger partial charge in [0.05, 0.1) is 6.20 Å². The molecular formula is C28H32N8O2. The maximum Gasteiger partial charge on any atom is 0.255 e. The number of anilines is 4. The summed E-state index contributed by atoms with van der Waals surface area (Å²) in [4.78, 5) is 30.9. The summed E-state index contributed by atoms with van der Waals surface area (Å²) in [6.07, 6.45) is 4.98. The molecule has 1 saturated heterocycles. The van der Waals surface area contributed by atoms with Crippen LogP contribution in [0.1, 0.15) is 48.2 Å². The summed E-state index contributed by atoms with van der Waals surface area (Å²) in [6, 6.07) is 13.3. The molecular weight excluding hydrogens is 480 g/mol. The summed E-state index contributed by atoms with van der Waals surface area (Å²) >= 11 is 0. The molecule has 10 nitrogen and oxygen atoms in total. The smallest absolute Gasteiger partial charge is 0.255 e. The minimum Gasteiger partial charge on any atom is -0.381 e. The number of benzene rings is 2. The van der Waals surface area contributed by atoms with Gasteiger partial charge in [0.2, 0.25) is 5.95 Å². The molecule has 5 N–H and O–H groups in total. The molecule has 1 fully saturated rings. The molecule has 0 spiro atoms. The molecule has 1 amide bonds. The number of nitrogens with zero attached hydrogens (tertiary/aromatic N) is 4. The number of carbonyl (C=O) groups is 1. The van der Waals surface area contributed by atoms with E-state index >= 15 is 0 Å². The molecule has 2 aromatic heterocycles. The molecule has 4 aromatic rings. The van der Waals surface area contributed by atoms with Crippen LogP contribution in [0, 0.1) is 6.92 Å². The van der Waals surface area contributed by atoms with Crippen molar-refractivity contribution in [2.24, 2.45) is 5.73 Å². The predicted molar refractivity (Wildman–Crippen MR) is 149 cm³/mol. The highest BCUT2D eigenvalue weighted by molar-refractivity contribution is 6.04. The average Bonchev–Trinajstić information content (AvgIpc) is 2.91. The molecule has 5 rings (SSSR count). The molecule has 1 aliphatic heterocycles. The Bertz CT molecular complexity index is 1460. The second-order valence-electron chi connectivity index (χ2n) is 10.1. The van der Waals surface area contributed by atoms with Gasteiger partial charge in [0.15, 0.2) is 5.82 Å². The fourth-order valence-corrected chi connectivity index (χ4v) is 4.27. The molecule has 3 heterocycles. The highest BCUT2D eigenvalue weighted by Gasteiger charge is 2.18. The van der Waals surface area contributed by atoms with Crippen molar-refractivity contribution in [1.82, 2.24) is 19.9 Å². The van der Waals surface area contributed by atoms with Crippen molar-refractivity contribution in [3.05, 3.63) is 71.7 Å². The summed E-state index contributed by atoms with van der Waals surface area (Å²) < 4.78 is 5.44. The third-order valence-corrected chi connectivity index (χ3v) is 6.55. The van der Waals surface area contributed by atoms with Crippen molar-refractivity contribution in [3.8, 4) is 0 Å². The molecule has 0 radical (unpaired) electrons. The number of hydrogen-bond acceptors (Lipinski definition) is 9. The van der Waals surface area contributed by atoms with Crippen molar-refractivity contribution >= 4 is 40.1 Å². The molecule has 0 saturated carbocycles. The molecule has 0 aliphatic carbocycles. The van der Waals surface area contributed by atoms with Gasteiger partial charge in [-0.05, 0) is 69.0 Å². The first-order chi connectivity index (χ1) is 18.3. The second-order valence-corrected chi connectivity index (χ2v) is 10.1. The third-order valence-electron chi connectivity index (χ3n) is 6.55. The number of rotatable bonds is 7. The van der Waals surface area contributed by atoms with Crippen LogP contribution in [0.25, 0.3) is 11.0 Å². The van der Waals surface area contributed by atoms with Crippen LogP contribution in [0.2, 0.25) is 0 Å². The van der Waals surface area contributed by atoms with Crippen LogP contribution in [0.5, 0.6) is 0 Å². The van der Waals surface area contributed by atoms with E-state index in [1.807, 2.05) is 57.2 Å². The first kappa shape index (κ1) is 25.5. The van der Waals surface area contributed by atoms with Gasteiger partial charge >= 0.3 is 0 Å². The first-order valence-electron chi connectivity index (χ1n) is 12.7. The van der Waals surface area contributed by atoms with Crippen molar-refractivity contribution in [2.45, 2.75) is 45.2 Å². The van der Waals surface area contributed by atoms with Crippen LogP contribution < -0.4 is 21.7 Å². The zero-order valence-electron chi connectivity index (χ0n) is 21.8. The Balaban J connectivity index is 1.37. The number of ether oxygens (including phenoxy) is 1. The van der Waals surface area contributed by atoms with Crippen LogP contribution in [0.4, 0.5) is 23.1 Å². The van der Waals surface area contributed by atoms with E-state index in [2.05, 4.69) is 30.9 Å². The number of nitrogens with one attached hydrogen (secondary N) is 3. The normalized spacial score (nSPS) is 14.3. The number of amides is 1. The standard InChI is InChI=1S/C28H32N8O2/c1-17-7-8-21(33-26(37)18-5-4-6-19(13-18)28(2,3)29)14-22(17)35-25-24-23(31-16-32-25)15-30-27(36-24)34-20-9-11-38-12-10-20/h4-8,13-16,20H,9-12,29H2,1-3H3,(H,33,37)(H,30,34,36)(H,31,32,35). The summed E-state index contributed by atoms with van der Waals surface area (Å²) in [5.74, 6) is 0.870. The highest BCUT2D eigenvalue weighted by Crippen LogP contribution is 2.27. The van der Waals surface area contributed by atoms with Crippen LogP contribution in [-0.4, -0.2) is 45.1 Å². The van der Waals surface area contributed by atoms with Gasteiger partial charge in [-0.3, -0.25) is 4.79 Å². The monoisotopic (exact) mass is 512 g/mol. The van der Waals surface area contributed by atoms with E-state index in [0.717, 1.165) is 42.9 Å². The molecule has 10 heteroatoms. The van der Waals surface area contributed by atoms with Gasteiger partial charge < -0.3 is 26.4 Å². The fourth-order valence-electron chi connectivity index (χ4n) is 4.27. The van der Waals surface area contributed by atoms with Gasteiger partial charge in [0.25, 0.3) is 5.91 Å². The molecule has 38 heavy (non-hydrogen) atoms. The zero-order chi connectivity index (χ0) is 26.7. The summed E-state index contributed by atoms with van der Waals surface area (Å²) in [6.45, 7) is 7.26. The number of aryl methyl sites for hydroxylation is 1. The SMILES string of the molecule is Cc1ccc(NC(=O)c2cccc(C(C)(C)N)c2)cc1Nc1ncnc2cnc(NC3CCOCC3)nc12. The second kappa shape index (κ2) is 10.7. The molecule has 0 bridgehead atoms. The van der Waals surface area contributed by atoms with Crippen molar-refractivity contribution in [1.29, 1.82) is 0 Å². The van der Waals surface area contributed by atoms with Crippen LogP contribution in [-0.2, 0) is 10.3 Å². The number of carbonyl (C=O) groups excluding carboxylic acids is 1. The number of hydrogen-bond donors (Lipinski definition) is 4. The van der Waals surface area contributed by atoms with Gasteiger partial charge in [-0.15, -0.1) is 0 Å². The quantitative estimate of drug-likeness (QED) is 0.281. The Hall–Kier alpha value is -4.15. The summed E-state index contributed by atoms with van der Waals surface area (Å²) in [5.41, 5.74) is 10.8. The number of aromatic nitrogens is 4. The lowest BCUT2D eigenvalue weighted by Crippen LogP contribution is -2.29. The number of nitrogens with two attached hydrogens (primary N) is 1. The Labute approximate surface area is 221 Å². The lowest BCUT2D eigenvalue weighted by Gasteiger charge is -2.23. The number of fused-ring (bicyclic) bond motifs is 1. The Kier molecular flexibility index (Phi) is 7.17.